The molecular formula is C11H11F2N3O. The Labute approximate surface area is 96.9 Å². The molecule has 1 aromatic carbocycles. The SMILES string of the molecule is CC(F)(F)OCc1ccccc1-n1cncn1. The average Bonchev–Trinajstić information content (AvgIpc) is 2.79. The molecule has 2 rings (SSSR count). The summed E-state index contributed by atoms with van der Waals surface area (Å²) in [7, 11) is 0. The molecule has 0 saturated carbocycles. The maximum atomic E-state index is 12.6. The van der Waals surface area contributed by atoms with Gasteiger partial charge in [0.15, 0.2) is 0 Å². The Morgan fingerprint density at radius 3 is 2.76 bits per heavy atom. The van der Waals surface area contributed by atoms with E-state index in [1.807, 2.05) is 0 Å². The third-order valence-corrected chi connectivity index (χ3v) is 2.14. The molecule has 0 aliphatic rings. The van der Waals surface area contributed by atoms with E-state index in [2.05, 4.69) is 14.8 Å². The third kappa shape index (κ3) is 3.07. The molecule has 0 fully saturated rings. The lowest BCUT2D eigenvalue weighted by Crippen LogP contribution is -2.15. The zero-order valence-electron chi connectivity index (χ0n) is 9.18. The van der Waals surface area contributed by atoms with E-state index >= 15 is 0 Å². The minimum absolute atomic E-state index is 0.181. The quantitative estimate of drug-likeness (QED) is 0.822. The zero-order valence-corrected chi connectivity index (χ0v) is 9.18. The number of rotatable bonds is 4. The number of hydrogen-bond acceptors (Lipinski definition) is 3. The van der Waals surface area contributed by atoms with Gasteiger partial charge in [-0.1, -0.05) is 18.2 Å². The molecule has 4 nitrogen and oxygen atoms in total. The second-order valence-electron chi connectivity index (χ2n) is 3.57. The molecule has 0 radical (unpaired) electrons. The third-order valence-electron chi connectivity index (χ3n) is 2.14. The standard InChI is InChI=1S/C11H11F2N3O/c1-11(12,13)17-6-9-4-2-3-5-10(9)16-8-14-7-15-16/h2-5,7-8H,6H2,1H3. The highest BCUT2D eigenvalue weighted by molar-refractivity contribution is 5.39. The van der Waals surface area contributed by atoms with Crippen molar-refractivity contribution in [1.82, 2.24) is 14.8 Å². The van der Waals surface area contributed by atoms with Gasteiger partial charge in [-0.3, -0.25) is 0 Å². The van der Waals surface area contributed by atoms with E-state index in [-0.39, 0.29) is 6.61 Å². The highest BCUT2D eigenvalue weighted by Crippen LogP contribution is 2.19. The summed E-state index contributed by atoms with van der Waals surface area (Å²) in [5.74, 6) is 0. The highest BCUT2D eigenvalue weighted by atomic mass is 19.3. The van der Waals surface area contributed by atoms with Crippen LogP contribution in [0.15, 0.2) is 36.9 Å². The van der Waals surface area contributed by atoms with E-state index in [1.165, 1.54) is 17.3 Å². The molecule has 1 heterocycles. The van der Waals surface area contributed by atoms with Crippen molar-refractivity contribution < 1.29 is 13.5 Å². The number of para-hydroxylation sites is 1. The fraction of sp³-hybridized carbons (Fsp3) is 0.273. The summed E-state index contributed by atoms with van der Waals surface area (Å²) in [4.78, 5) is 3.81. The van der Waals surface area contributed by atoms with E-state index in [4.69, 9.17) is 0 Å². The predicted molar refractivity (Wildman–Crippen MR) is 56.8 cm³/mol. The minimum atomic E-state index is -3.14. The number of halogens is 2. The first-order valence-corrected chi connectivity index (χ1v) is 5.01. The van der Waals surface area contributed by atoms with Crippen LogP contribution >= 0.6 is 0 Å². The summed E-state index contributed by atoms with van der Waals surface area (Å²) in [6.45, 7) is 0.532. The summed E-state index contributed by atoms with van der Waals surface area (Å²) in [5.41, 5.74) is 1.30. The predicted octanol–water partition coefficient (Wildman–Crippen LogP) is 2.40. The molecule has 0 unspecified atom stereocenters. The van der Waals surface area contributed by atoms with Crippen LogP contribution in [0.1, 0.15) is 12.5 Å². The first-order valence-electron chi connectivity index (χ1n) is 5.01. The molecule has 0 atom stereocenters. The number of ether oxygens (including phenoxy) is 1. The van der Waals surface area contributed by atoms with Crippen molar-refractivity contribution in [2.75, 3.05) is 0 Å². The normalized spacial score (nSPS) is 11.7. The van der Waals surface area contributed by atoms with Gasteiger partial charge in [-0.2, -0.15) is 13.9 Å². The molecule has 0 aliphatic heterocycles. The monoisotopic (exact) mass is 239 g/mol. The first-order chi connectivity index (χ1) is 8.06. The van der Waals surface area contributed by atoms with Gasteiger partial charge in [0.2, 0.25) is 0 Å². The second kappa shape index (κ2) is 4.58. The summed E-state index contributed by atoms with van der Waals surface area (Å²) < 4.78 is 31.2. The maximum Gasteiger partial charge on any atom is 0.353 e. The fourth-order valence-electron chi connectivity index (χ4n) is 1.39. The van der Waals surface area contributed by atoms with Gasteiger partial charge in [0.05, 0.1) is 12.3 Å². The van der Waals surface area contributed by atoms with Gasteiger partial charge >= 0.3 is 6.11 Å². The van der Waals surface area contributed by atoms with Crippen LogP contribution in [-0.2, 0) is 11.3 Å². The number of alkyl halides is 2. The second-order valence-corrected chi connectivity index (χ2v) is 3.57. The molecular weight excluding hydrogens is 228 g/mol. The lowest BCUT2D eigenvalue weighted by Gasteiger charge is -2.13. The van der Waals surface area contributed by atoms with Crippen molar-refractivity contribution in [3.8, 4) is 5.69 Å². The number of nitrogens with zero attached hydrogens (tertiary/aromatic N) is 3. The molecule has 6 heteroatoms. The van der Waals surface area contributed by atoms with Crippen molar-refractivity contribution in [2.24, 2.45) is 0 Å². The molecule has 1 aromatic heterocycles. The van der Waals surface area contributed by atoms with Crippen LogP contribution in [-0.4, -0.2) is 20.9 Å². The molecule has 0 bridgehead atoms. The van der Waals surface area contributed by atoms with Crippen molar-refractivity contribution in [3.63, 3.8) is 0 Å². The van der Waals surface area contributed by atoms with Crippen LogP contribution < -0.4 is 0 Å². The van der Waals surface area contributed by atoms with Gasteiger partial charge in [-0.05, 0) is 6.07 Å². The Morgan fingerprint density at radius 1 is 1.35 bits per heavy atom. The van der Waals surface area contributed by atoms with Gasteiger partial charge in [-0.15, -0.1) is 0 Å². The van der Waals surface area contributed by atoms with Crippen LogP contribution in [0.2, 0.25) is 0 Å². The van der Waals surface area contributed by atoms with Gasteiger partial charge in [0, 0.05) is 12.5 Å². The molecule has 90 valence electrons. The van der Waals surface area contributed by atoms with Crippen molar-refractivity contribution in [3.05, 3.63) is 42.5 Å². The number of hydrogen-bond donors (Lipinski definition) is 0. The Kier molecular flexibility index (Phi) is 3.14. The van der Waals surface area contributed by atoms with Crippen LogP contribution in [0, 0.1) is 0 Å². The van der Waals surface area contributed by atoms with Crippen LogP contribution in [0.25, 0.3) is 5.69 Å². The average molecular weight is 239 g/mol. The Hall–Kier alpha value is -1.82. The van der Waals surface area contributed by atoms with Gasteiger partial charge in [0.25, 0.3) is 0 Å². The van der Waals surface area contributed by atoms with Gasteiger partial charge in [-0.25, -0.2) is 9.67 Å². The minimum Gasteiger partial charge on any atom is -0.316 e. The van der Waals surface area contributed by atoms with Crippen LogP contribution in [0.5, 0.6) is 0 Å². The van der Waals surface area contributed by atoms with Crippen molar-refractivity contribution >= 4 is 0 Å². The molecule has 2 aromatic rings. The number of aromatic nitrogens is 3. The molecule has 0 aliphatic carbocycles. The largest absolute Gasteiger partial charge is 0.353 e. The smallest absolute Gasteiger partial charge is 0.316 e. The van der Waals surface area contributed by atoms with E-state index in [0.29, 0.717) is 18.2 Å². The Balaban J connectivity index is 2.23. The van der Waals surface area contributed by atoms with Gasteiger partial charge < -0.3 is 4.74 Å². The van der Waals surface area contributed by atoms with Crippen LogP contribution in [0.4, 0.5) is 8.78 Å². The topological polar surface area (TPSA) is 39.9 Å². The molecule has 0 N–H and O–H groups in total. The van der Waals surface area contributed by atoms with E-state index in [9.17, 15) is 8.78 Å². The number of benzene rings is 1. The van der Waals surface area contributed by atoms with E-state index in [1.54, 1.807) is 24.3 Å². The summed E-state index contributed by atoms with van der Waals surface area (Å²) >= 11 is 0. The molecule has 0 saturated heterocycles. The van der Waals surface area contributed by atoms with E-state index < -0.39 is 6.11 Å². The lowest BCUT2D eigenvalue weighted by atomic mass is 10.2. The van der Waals surface area contributed by atoms with Crippen molar-refractivity contribution in [2.45, 2.75) is 19.6 Å². The van der Waals surface area contributed by atoms with Gasteiger partial charge in [0.1, 0.15) is 12.7 Å². The molecule has 0 amide bonds. The fourth-order valence-corrected chi connectivity index (χ4v) is 1.39. The summed E-state index contributed by atoms with van der Waals surface area (Å²) in [6, 6.07) is 7.03. The molecule has 17 heavy (non-hydrogen) atoms. The summed E-state index contributed by atoms with van der Waals surface area (Å²) in [6.07, 6.45) is -0.259. The molecule has 0 spiro atoms. The maximum absolute atomic E-state index is 12.6. The Morgan fingerprint density at radius 2 is 2.12 bits per heavy atom. The lowest BCUT2D eigenvalue weighted by molar-refractivity contribution is -0.231. The highest BCUT2D eigenvalue weighted by Gasteiger charge is 2.22. The first kappa shape index (κ1) is 11.7. The van der Waals surface area contributed by atoms with Crippen molar-refractivity contribution in [1.29, 1.82) is 0 Å². The Bertz CT molecular complexity index is 480. The van der Waals surface area contributed by atoms with E-state index in [0.717, 1.165) is 0 Å². The summed E-state index contributed by atoms with van der Waals surface area (Å²) in [5, 5.41) is 3.95. The zero-order chi connectivity index (χ0) is 12.3. The van der Waals surface area contributed by atoms with Crippen LogP contribution in [0.3, 0.4) is 0 Å².